The lowest BCUT2D eigenvalue weighted by Gasteiger charge is -2.34. The van der Waals surface area contributed by atoms with Gasteiger partial charge in [0.2, 0.25) is 5.91 Å². The van der Waals surface area contributed by atoms with Gasteiger partial charge in [-0.15, -0.1) is 0 Å². The highest BCUT2D eigenvalue weighted by molar-refractivity contribution is 6.31. The van der Waals surface area contributed by atoms with Crippen LogP contribution in [-0.4, -0.2) is 51.4 Å². The fourth-order valence-corrected chi connectivity index (χ4v) is 4.15. The SMILES string of the molecule is O=C(CCCn1c(=O)[nH]c2cc(Cl)ccc2c1=O)N1CCN(Cc2ccccc2)CC1. The Hall–Kier alpha value is -2.90. The molecule has 0 spiro atoms. The lowest BCUT2D eigenvalue weighted by molar-refractivity contribution is -0.133. The summed E-state index contributed by atoms with van der Waals surface area (Å²) in [6.45, 7) is 4.17. The van der Waals surface area contributed by atoms with Gasteiger partial charge in [-0.1, -0.05) is 41.9 Å². The van der Waals surface area contributed by atoms with Crippen molar-refractivity contribution in [3.8, 4) is 0 Å². The number of aromatic nitrogens is 2. The number of aromatic amines is 1. The van der Waals surface area contributed by atoms with E-state index in [2.05, 4.69) is 22.0 Å². The predicted octanol–water partition coefficient (Wildman–Crippen LogP) is 2.47. The first-order valence-electron chi connectivity index (χ1n) is 10.5. The molecule has 1 saturated heterocycles. The number of carbonyl (C=O) groups is 1. The first-order chi connectivity index (χ1) is 15.0. The molecule has 1 aromatic heterocycles. The lowest BCUT2D eigenvalue weighted by atomic mass is 10.2. The number of nitrogens with zero attached hydrogens (tertiary/aromatic N) is 3. The number of hydrogen-bond donors (Lipinski definition) is 1. The molecule has 0 radical (unpaired) electrons. The summed E-state index contributed by atoms with van der Waals surface area (Å²) in [6.07, 6.45) is 0.744. The first-order valence-corrected chi connectivity index (χ1v) is 10.9. The molecule has 7 nitrogen and oxygen atoms in total. The number of fused-ring (bicyclic) bond motifs is 1. The Morgan fingerprint density at radius 1 is 1.00 bits per heavy atom. The molecule has 1 fully saturated rings. The van der Waals surface area contributed by atoms with E-state index < -0.39 is 5.69 Å². The summed E-state index contributed by atoms with van der Waals surface area (Å²) in [5, 5.41) is 0.861. The van der Waals surface area contributed by atoms with Crippen molar-refractivity contribution < 1.29 is 4.79 Å². The molecular formula is C23H25ClN4O3. The molecule has 0 unspecified atom stereocenters. The number of halogens is 1. The van der Waals surface area contributed by atoms with E-state index >= 15 is 0 Å². The van der Waals surface area contributed by atoms with Crippen LogP contribution in [0.1, 0.15) is 18.4 Å². The normalized spacial score (nSPS) is 14.8. The summed E-state index contributed by atoms with van der Waals surface area (Å²) in [5.74, 6) is 0.0661. The number of rotatable bonds is 6. The maximum atomic E-state index is 12.6. The molecule has 31 heavy (non-hydrogen) atoms. The van der Waals surface area contributed by atoms with Crippen LogP contribution in [0, 0.1) is 0 Å². The molecule has 8 heteroatoms. The van der Waals surface area contributed by atoms with E-state index in [1.807, 2.05) is 23.1 Å². The number of H-pyrrole nitrogens is 1. The number of benzene rings is 2. The van der Waals surface area contributed by atoms with Gasteiger partial charge in [0.05, 0.1) is 10.9 Å². The Morgan fingerprint density at radius 3 is 2.48 bits per heavy atom. The predicted molar refractivity (Wildman–Crippen MR) is 121 cm³/mol. The number of hydrogen-bond acceptors (Lipinski definition) is 4. The van der Waals surface area contributed by atoms with Gasteiger partial charge in [-0.3, -0.25) is 19.1 Å². The quantitative estimate of drug-likeness (QED) is 0.638. The lowest BCUT2D eigenvalue weighted by Crippen LogP contribution is -2.48. The van der Waals surface area contributed by atoms with Crippen LogP contribution in [0.2, 0.25) is 5.02 Å². The number of amides is 1. The zero-order chi connectivity index (χ0) is 21.8. The van der Waals surface area contributed by atoms with Crippen LogP contribution < -0.4 is 11.2 Å². The minimum absolute atomic E-state index is 0.0661. The number of nitrogens with one attached hydrogen (secondary N) is 1. The smallest absolute Gasteiger partial charge is 0.328 e. The Balaban J connectivity index is 1.29. The van der Waals surface area contributed by atoms with Gasteiger partial charge in [-0.25, -0.2) is 4.79 Å². The molecule has 4 rings (SSSR count). The van der Waals surface area contributed by atoms with Crippen molar-refractivity contribution in [1.82, 2.24) is 19.4 Å². The molecule has 162 valence electrons. The molecule has 0 atom stereocenters. The van der Waals surface area contributed by atoms with E-state index in [4.69, 9.17) is 11.6 Å². The summed E-state index contributed by atoms with van der Waals surface area (Å²) < 4.78 is 1.15. The topological polar surface area (TPSA) is 78.4 Å². The highest BCUT2D eigenvalue weighted by Gasteiger charge is 2.21. The Kier molecular flexibility index (Phi) is 6.53. The summed E-state index contributed by atoms with van der Waals surface area (Å²) >= 11 is 5.93. The molecule has 1 aliphatic rings. The second-order valence-corrected chi connectivity index (χ2v) is 8.26. The number of piperazine rings is 1. The molecule has 2 heterocycles. The van der Waals surface area contributed by atoms with E-state index in [0.29, 0.717) is 41.9 Å². The largest absolute Gasteiger partial charge is 0.340 e. The maximum Gasteiger partial charge on any atom is 0.328 e. The van der Waals surface area contributed by atoms with Gasteiger partial charge in [0.25, 0.3) is 5.56 Å². The van der Waals surface area contributed by atoms with Gasteiger partial charge in [-0.2, -0.15) is 0 Å². The Morgan fingerprint density at radius 2 is 1.74 bits per heavy atom. The van der Waals surface area contributed by atoms with Crippen molar-refractivity contribution >= 4 is 28.4 Å². The molecule has 1 aliphatic heterocycles. The van der Waals surface area contributed by atoms with Gasteiger partial charge in [0.15, 0.2) is 0 Å². The van der Waals surface area contributed by atoms with Crippen molar-refractivity contribution in [1.29, 1.82) is 0 Å². The second-order valence-electron chi connectivity index (χ2n) is 7.82. The van der Waals surface area contributed by atoms with E-state index in [0.717, 1.165) is 24.2 Å². The number of carbonyl (C=O) groups excluding carboxylic acids is 1. The summed E-state index contributed by atoms with van der Waals surface area (Å²) in [5.41, 5.74) is 0.845. The minimum Gasteiger partial charge on any atom is -0.340 e. The third kappa shape index (κ3) is 5.06. The van der Waals surface area contributed by atoms with Gasteiger partial charge < -0.3 is 9.88 Å². The fourth-order valence-electron chi connectivity index (χ4n) is 3.97. The van der Waals surface area contributed by atoms with Crippen molar-refractivity contribution in [3.05, 3.63) is 80.0 Å². The average molecular weight is 441 g/mol. The molecular weight excluding hydrogens is 416 g/mol. The van der Waals surface area contributed by atoms with Crippen molar-refractivity contribution in [2.75, 3.05) is 26.2 Å². The van der Waals surface area contributed by atoms with Crippen LogP contribution in [0.15, 0.2) is 58.1 Å². The van der Waals surface area contributed by atoms with Crippen LogP contribution in [-0.2, 0) is 17.9 Å². The van der Waals surface area contributed by atoms with E-state index in [9.17, 15) is 14.4 Å². The van der Waals surface area contributed by atoms with Crippen LogP contribution in [0.25, 0.3) is 10.9 Å². The average Bonchev–Trinajstić information content (AvgIpc) is 2.77. The standard InChI is InChI=1S/C23H25ClN4O3/c24-18-8-9-19-20(15-18)25-23(31)28(22(19)30)10-4-7-21(29)27-13-11-26(12-14-27)16-17-5-2-1-3-6-17/h1-3,5-6,8-9,15H,4,7,10-14,16H2,(H,25,31). The van der Waals surface area contributed by atoms with Crippen molar-refractivity contribution in [2.24, 2.45) is 0 Å². The summed E-state index contributed by atoms with van der Waals surface area (Å²) in [4.78, 5) is 44.4. The van der Waals surface area contributed by atoms with Crippen LogP contribution >= 0.6 is 11.6 Å². The van der Waals surface area contributed by atoms with Gasteiger partial charge in [0.1, 0.15) is 0 Å². The molecule has 3 aromatic rings. The Bertz CT molecular complexity index is 1180. The second kappa shape index (κ2) is 9.49. The molecule has 0 saturated carbocycles. The highest BCUT2D eigenvalue weighted by atomic mass is 35.5. The minimum atomic E-state index is -0.484. The third-order valence-electron chi connectivity index (χ3n) is 5.69. The van der Waals surface area contributed by atoms with Gasteiger partial charge in [-0.05, 0) is 30.2 Å². The third-order valence-corrected chi connectivity index (χ3v) is 5.93. The molecule has 0 aliphatic carbocycles. The fraction of sp³-hybridized carbons (Fsp3) is 0.348. The van der Waals surface area contributed by atoms with Crippen LogP contribution in [0.4, 0.5) is 0 Å². The monoisotopic (exact) mass is 440 g/mol. The van der Waals surface area contributed by atoms with Crippen LogP contribution in [0.3, 0.4) is 0 Å². The zero-order valence-corrected chi connectivity index (χ0v) is 18.0. The Labute approximate surface area is 184 Å². The van der Waals surface area contributed by atoms with Crippen molar-refractivity contribution in [2.45, 2.75) is 25.9 Å². The summed E-state index contributed by atoms with van der Waals surface area (Å²) in [6, 6.07) is 15.1. The van der Waals surface area contributed by atoms with Gasteiger partial charge in [0, 0.05) is 50.7 Å². The van der Waals surface area contributed by atoms with Crippen molar-refractivity contribution in [3.63, 3.8) is 0 Å². The molecule has 1 amide bonds. The van der Waals surface area contributed by atoms with E-state index in [1.165, 1.54) is 5.56 Å². The molecule has 1 N–H and O–H groups in total. The van der Waals surface area contributed by atoms with E-state index in [1.54, 1.807) is 18.2 Å². The maximum absolute atomic E-state index is 12.6. The van der Waals surface area contributed by atoms with Gasteiger partial charge >= 0.3 is 5.69 Å². The highest BCUT2D eigenvalue weighted by Crippen LogP contribution is 2.14. The first kappa shape index (κ1) is 21.3. The molecule has 2 aromatic carbocycles. The zero-order valence-electron chi connectivity index (χ0n) is 17.2. The van der Waals surface area contributed by atoms with Crippen LogP contribution in [0.5, 0.6) is 0 Å². The van der Waals surface area contributed by atoms with E-state index in [-0.39, 0.29) is 18.0 Å². The molecule has 0 bridgehead atoms. The summed E-state index contributed by atoms with van der Waals surface area (Å²) in [7, 11) is 0.